The first-order valence-corrected chi connectivity index (χ1v) is 10.6. The predicted octanol–water partition coefficient (Wildman–Crippen LogP) is 5.46. The molecule has 0 aliphatic carbocycles. The molecule has 0 fully saturated rings. The van der Waals surface area contributed by atoms with Crippen LogP contribution >= 0.6 is 0 Å². The zero-order valence-corrected chi connectivity index (χ0v) is 18.7. The van der Waals surface area contributed by atoms with Crippen LogP contribution in [0.2, 0.25) is 0 Å². The maximum absolute atomic E-state index is 13.3. The molecule has 0 N–H and O–H groups in total. The van der Waals surface area contributed by atoms with Crippen molar-refractivity contribution in [2.24, 2.45) is 0 Å². The van der Waals surface area contributed by atoms with Crippen molar-refractivity contribution in [3.05, 3.63) is 108 Å². The number of alkyl halides is 3. The lowest BCUT2D eigenvalue weighted by atomic mass is 10.1. The van der Waals surface area contributed by atoms with Gasteiger partial charge < -0.3 is 14.2 Å². The molecule has 34 heavy (non-hydrogen) atoms. The lowest BCUT2D eigenvalue weighted by Crippen LogP contribution is -2.42. The largest absolute Gasteiger partial charge is 0.464 e. The highest BCUT2D eigenvalue weighted by atomic mass is 19.4. The molecule has 3 rings (SSSR count). The molecular formula is C26H25F3N2O3. The standard InChI is InChI=1S/C26H25F3N2O3/c1-3-15-30(25(33)21-10-12-22(13-11-21)26(27,28)29)18-24(32)31(16-20-7-5-4-6-8-20)17-23-14-9-19(2)34-23/h3-14H,1,15-18H2,2H3. The fraction of sp³-hybridized carbons (Fsp3) is 0.231. The summed E-state index contributed by atoms with van der Waals surface area (Å²) < 4.78 is 44.2. The quantitative estimate of drug-likeness (QED) is 0.390. The topological polar surface area (TPSA) is 53.8 Å². The van der Waals surface area contributed by atoms with Crippen molar-refractivity contribution in [3.8, 4) is 0 Å². The van der Waals surface area contributed by atoms with Gasteiger partial charge in [0.15, 0.2) is 0 Å². The highest BCUT2D eigenvalue weighted by Crippen LogP contribution is 2.29. The van der Waals surface area contributed by atoms with Gasteiger partial charge >= 0.3 is 6.18 Å². The Balaban J connectivity index is 1.79. The Hall–Kier alpha value is -3.81. The molecular weight excluding hydrogens is 445 g/mol. The number of halogens is 3. The Bertz CT molecular complexity index is 1120. The number of benzene rings is 2. The third-order valence-corrected chi connectivity index (χ3v) is 5.13. The highest BCUT2D eigenvalue weighted by Gasteiger charge is 2.30. The second-order valence-electron chi connectivity index (χ2n) is 7.80. The smallest absolute Gasteiger partial charge is 0.416 e. The molecule has 0 aliphatic heterocycles. The van der Waals surface area contributed by atoms with Crippen molar-refractivity contribution in [2.75, 3.05) is 13.1 Å². The van der Waals surface area contributed by atoms with Crippen molar-refractivity contribution >= 4 is 11.8 Å². The average molecular weight is 470 g/mol. The lowest BCUT2D eigenvalue weighted by molar-refractivity contribution is -0.137. The second kappa shape index (κ2) is 10.9. The van der Waals surface area contributed by atoms with Crippen LogP contribution in [0.3, 0.4) is 0 Å². The summed E-state index contributed by atoms with van der Waals surface area (Å²) >= 11 is 0. The molecule has 0 atom stereocenters. The van der Waals surface area contributed by atoms with E-state index < -0.39 is 17.6 Å². The third-order valence-electron chi connectivity index (χ3n) is 5.13. The number of hydrogen-bond donors (Lipinski definition) is 0. The normalized spacial score (nSPS) is 11.2. The summed E-state index contributed by atoms with van der Waals surface area (Å²) in [5, 5.41) is 0. The zero-order valence-electron chi connectivity index (χ0n) is 18.7. The molecule has 5 nitrogen and oxygen atoms in total. The monoisotopic (exact) mass is 470 g/mol. The Kier molecular flexibility index (Phi) is 7.94. The van der Waals surface area contributed by atoms with Crippen LogP contribution < -0.4 is 0 Å². The van der Waals surface area contributed by atoms with Gasteiger partial charge in [-0.15, -0.1) is 6.58 Å². The van der Waals surface area contributed by atoms with E-state index in [1.807, 2.05) is 30.3 Å². The van der Waals surface area contributed by atoms with Gasteiger partial charge in [0.2, 0.25) is 5.91 Å². The fourth-order valence-electron chi connectivity index (χ4n) is 3.42. The maximum Gasteiger partial charge on any atom is 0.416 e. The first kappa shape index (κ1) is 24.8. The number of rotatable bonds is 9. The van der Waals surface area contributed by atoms with Gasteiger partial charge in [0, 0.05) is 18.7 Å². The summed E-state index contributed by atoms with van der Waals surface area (Å²) in [6.07, 6.45) is -3.03. The van der Waals surface area contributed by atoms with Crippen molar-refractivity contribution in [2.45, 2.75) is 26.2 Å². The lowest BCUT2D eigenvalue weighted by Gasteiger charge is -2.27. The van der Waals surface area contributed by atoms with E-state index in [-0.39, 0.29) is 31.1 Å². The Labute approximate surface area is 196 Å². The van der Waals surface area contributed by atoms with E-state index in [0.717, 1.165) is 29.8 Å². The molecule has 0 radical (unpaired) electrons. The SMILES string of the molecule is C=CCN(CC(=O)N(Cc1ccccc1)Cc1ccc(C)o1)C(=O)c1ccc(C(F)(F)F)cc1. The van der Waals surface area contributed by atoms with E-state index in [2.05, 4.69) is 6.58 Å². The number of nitrogens with zero attached hydrogens (tertiary/aromatic N) is 2. The van der Waals surface area contributed by atoms with Crippen LogP contribution in [0.15, 0.2) is 83.8 Å². The van der Waals surface area contributed by atoms with Crippen LogP contribution in [0.5, 0.6) is 0 Å². The van der Waals surface area contributed by atoms with E-state index in [1.165, 1.54) is 11.0 Å². The summed E-state index contributed by atoms with van der Waals surface area (Å²) in [7, 11) is 0. The van der Waals surface area contributed by atoms with Crippen LogP contribution in [-0.2, 0) is 24.1 Å². The number of carbonyl (C=O) groups excluding carboxylic acids is 2. The summed E-state index contributed by atoms with van der Waals surface area (Å²) in [6.45, 7) is 5.74. The first-order chi connectivity index (χ1) is 16.2. The van der Waals surface area contributed by atoms with E-state index in [9.17, 15) is 22.8 Å². The molecule has 0 saturated heterocycles. The maximum atomic E-state index is 13.3. The number of hydrogen-bond acceptors (Lipinski definition) is 3. The number of furan rings is 1. The minimum absolute atomic E-state index is 0.0546. The number of carbonyl (C=O) groups is 2. The molecule has 2 amide bonds. The minimum atomic E-state index is -4.50. The van der Waals surface area contributed by atoms with E-state index in [4.69, 9.17) is 4.42 Å². The van der Waals surface area contributed by atoms with Gasteiger partial charge in [-0.1, -0.05) is 36.4 Å². The average Bonchev–Trinajstić information content (AvgIpc) is 3.22. The summed E-state index contributed by atoms with van der Waals surface area (Å²) in [6, 6.07) is 16.9. The van der Waals surface area contributed by atoms with Crippen LogP contribution in [-0.4, -0.2) is 34.7 Å². The zero-order chi connectivity index (χ0) is 24.7. The van der Waals surface area contributed by atoms with Gasteiger partial charge in [-0.2, -0.15) is 13.2 Å². The molecule has 178 valence electrons. The molecule has 0 spiro atoms. The molecule has 8 heteroatoms. The molecule has 1 heterocycles. The van der Waals surface area contributed by atoms with Crippen molar-refractivity contribution in [1.29, 1.82) is 0 Å². The van der Waals surface area contributed by atoms with Crippen LogP contribution in [0.25, 0.3) is 0 Å². The summed E-state index contributed by atoms with van der Waals surface area (Å²) in [5.74, 6) is 0.425. The van der Waals surface area contributed by atoms with Gasteiger partial charge in [-0.3, -0.25) is 9.59 Å². The predicted molar refractivity (Wildman–Crippen MR) is 122 cm³/mol. The van der Waals surface area contributed by atoms with E-state index in [1.54, 1.807) is 24.0 Å². The molecule has 1 aromatic heterocycles. The second-order valence-corrected chi connectivity index (χ2v) is 7.80. The molecule has 2 aromatic carbocycles. The Morgan fingerprint density at radius 3 is 2.18 bits per heavy atom. The Morgan fingerprint density at radius 1 is 0.941 bits per heavy atom. The number of aryl methyl sites for hydroxylation is 1. The Morgan fingerprint density at radius 2 is 1.62 bits per heavy atom. The number of amides is 2. The van der Waals surface area contributed by atoms with Crippen molar-refractivity contribution in [1.82, 2.24) is 9.80 Å². The van der Waals surface area contributed by atoms with Gasteiger partial charge in [-0.05, 0) is 48.9 Å². The molecule has 0 saturated carbocycles. The summed E-state index contributed by atoms with van der Waals surface area (Å²) in [5.41, 5.74) is 0.112. The van der Waals surface area contributed by atoms with Gasteiger partial charge in [0.05, 0.1) is 12.1 Å². The van der Waals surface area contributed by atoms with Gasteiger partial charge in [0.25, 0.3) is 5.91 Å². The molecule has 0 bridgehead atoms. The molecule has 0 aliphatic rings. The van der Waals surface area contributed by atoms with Crippen molar-refractivity contribution in [3.63, 3.8) is 0 Å². The van der Waals surface area contributed by atoms with E-state index >= 15 is 0 Å². The van der Waals surface area contributed by atoms with Crippen LogP contribution in [0.4, 0.5) is 13.2 Å². The van der Waals surface area contributed by atoms with Crippen molar-refractivity contribution < 1.29 is 27.2 Å². The van der Waals surface area contributed by atoms with Gasteiger partial charge in [0.1, 0.15) is 18.1 Å². The van der Waals surface area contributed by atoms with E-state index in [0.29, 0.717) is 18.1 Å². The first-order valence-electron chi connectivity index (χ1n) is 10.6. The third kappa shape index (κ3) is 6.60. The highest BCUT2D eigenvalue weighted by molar-refractivity contribution is 5.96. The molecule has 3 aromatic rings. The minimum Gasteiger partial charge on any atom is -0.464 e. The summed E-state index contributed by atoms with van der Waals surface area (Å²) in [4.78, 5) is 29.1. The van der Waals surface area contributed by atoms with Crippen LogP contribution in [0, 0.1) is 6.92 Å². The van der Waals surface area contributed by atoms with Crippen LogP contribution in [0.1, 0.15) is 33.0 Å². The van der Waals surface area contributed by atoms with Gasteiger partial charge in [-0.25, -0.2) is 0 Å². The fourth-order valence-corrected chi connectivity index (χ4v) is 3.42. The molecule has 0 unspecified atom stereocenters.